The normalized spacial score (nSPS) is 20.1. The molecule has 2 aliphatic heterocycles. The first-order valence-electron chi connectivity index (χ1n) is 14.7. The Hall–Kier alpha value is -3.69. The molecule has 3 heterocycles. The monoisotopic (exact) mass is 559 g/mol. The first-order chi connectivity index (χ1) is 19.9. The van der Waals surface area contributed by atoms with Crippen LogP contribution in [0.5, 0.6) is 5.75 Å². The minimum Gasteiger partial charge on any atom is -0.493 e. The van der Waals surface area contributed by atoms with Crippen LogP contribution in [0.25, 0.3) is 0 Å². The molecule has 3 aromatic rings. The van der Waals surface area contributed by atoms with E-state index >= 15 is 0 Å². The molecule has 3 atom stereocenters. The number of imidazole rings is 1. The fraction of sp³-hybridized carbons (Fsp3) is 0.469. The van der Waals surface area contributed by atoms with E-state index in [1.165, 1.54) is 0 Å². The number of aryl methyl sites for hydroxylation is 2. The molecule has 41 heavy (non-hydrogen) atoms. The van der Waals surface area contributed by atoms with Crippen molar-refractivity contribution < 1.29 is 19.4 Å². The second-order valence-electron chi connectivity index (χ2n) is 11.2. The van der Waals surface area contributed by atoms with Gasteiger partial charge in [-0.15, -0.1) is 0 Å². The lowest BCUT2D eigenvalue weighted by Crippen LogP contribution is -2.44. The van der Waals surface area contributed by atoms with Gasteiger partial charge in [-0.25, -0.2) is 4.98 Å². The van der Waals surface area contributed by atoms with Crippen LogP contribution < -0.4 is 15.4 Å². The maximum absolute atomic E-state index is 14.0. The van der Waals surface area contributed by atoms with Gasteiger partial charge in [0.2, 0.25) is 5.91 Å². The number of fused-ring (bicyclic) bond motifs is 1. The summed E-state index contributed by atoms with van der Waals surface area (Å²) in [6, 6.07) is 13.6. The van der Waals surface area contributed by atoms with Crippen molar-refractivity contribution in [1.29, 1.82) is 0 Å². The van der Waals surface area contributed by atoms with Crippen molar-refractivity contribution in [2.24, 2.45) is 18.7 Å². The van der Waals surface area contributed by atoms with E-state index in [2.05, 4.69) is 22.9 Å². The van der Waals surface area contributed by atoms with E-state index in [0.29, 0.717) is 39.1 Å². The van der Waals surface area contributed by atoms with E-state index in [9.17, 15) is 14.7 Å². The third-order valence-electron chi connectivity index (χ3n) is 8.59. The number of nitrogens with two attached hydrogens (primary N) is 1. The zero-order valence-corrected chi connectivity index (χ0v) is 24.0. The van der Waals surface area contributed by atoms with Gasteiger partial charge in [0.25, 0.3) is 0 Å². The number of carbonyl (C=O) groups excluding carboxylic acids is 1. The fourth-order valence-electron chi connectivity index (χ4n) is 6.37. The van der Waals surface area contributed by atoms with Crippen LogP contribution in [0.3, 0.4) is 0 Å². The highest BCUT2D eigenvalue weighted by molar-refractivity contribution is 5.95. The van der Waals surface area contributed by atoms with Crippen LogP contribution >= 0.6 is 0 Å². The highest BCUT2D eigenvalue weighted by Gasteiger charge is 2.47. The van der Waals surface area contributed by atoms with Gasteiger partial charge in [0.15, 0.2) is 0 Å². The van der Waals surface area contributed by atoms with Crippen molar-refractivity contribution >= 4 is 17.6 Å². The molecule has 1 amide bonds. The molecule has 2 aromatic carbocycles. The number of amides is 1. The van der Waals surface area contributed by atoms with E-state index < -0.39 is 11.9 Å². The molecular weight excluding hydrogens is 518 g/mol. The number of rotatable bonds is 12. The smallest absolute Gasteiger partial charge is 0.308 e. The molecule has 3 N–H and O–H groups in total. The van der Waals surface area contributed by atoms with Crippen LogP contribution in [0.15, 0.2) is 54.9 Å². The average molecular weight is 560 g/mol. The first kappa shape index (κ1) is 28.8. The summed E-state index contributed by atoms with van der Waals surface area (Å²) in [7, 11) is 1.95. The number of hydrogen-bond donors (Lipinski definition) is 2. The topological polar surface area (TPSA) is 114 Å². The Balaban J connectivity index is 1.44. The maximum Gasteiger partial charge on any atom is 0.308 e. The third kappa shape index (κ3) is 6.31. The number of carbonyl (C=O) groups is 2. The molecule has 0 unspecified atom stereocenters. The van der Waals surface area contributed by atoms with Crippen LogP contribution in [-0.2, 0) is 36.0 Å². The Morgan fingerprint density at radius 1 is 1.22 bits per heavy atom. The predicted molar refractivity (Wildman–Crippen MR) is 158 cm³/mol. The van der Waals surface area contributed by atoms with Gasteiger partial charge >= 0.3 is 5.97 Å². The van der Waals surface area contributed by atoms with Gasteiger partial charge in [-0.2, -0.15) is 0 Å². The molecule has 1 saturated heterocycles. The number of carboxylic acids is 1. The number of ether oxygens (including phenoxy) is 1. The third-order valence-corrected chi connectivity index (χ3v) is 8.59. The lowest BCUT2D eigenvalue weighted by Gasteiger charge is -2.30. The second-order valence-corrected chi connectivity index (χ2v) is 11.2. The molecule has 0 saturated carbocycles. The molecule has 2 aliphatic rings. The molecule has 0 bridgehead atoms. The summed E-state index contributed by atoms with van der Waals surface area (Å²) in [5.74, 6) is 0.0482. The Bertz CT molecular complexity index is 1370. The van der Waals surface area contributed by atoms with Crippen molar-refractivity contribution in [3.05, 3.63) is 77.4 Å². The SMILES string of the molecule is CCCCN(C(=O)CN1C[C@H](c2ccc3c(c2)CCO3)[C@@H](C(=O)O)[C@@H]1CCc1nccn1C)c1cccc(CN)c1. The summed E-state index contributed by atoms with van der Waals surface area (Å²) in [6.45, 7) is 4.41. The second kappa shape index (κ2) is 12.9. The molecular formula is C32H41N5O4. The standard InChI is InChI=1S/C32H41N5O4/c1-3-4-14-37(25-7-5-6-22(17-25)19-33)30(38)21-36-20-26(23-8-10-28-24(18-23)12-16-41-28)31(32(39)40)27(36)9-11-29-34-13-15-35(29)2/h5-8,10,13,15,17-18,26-27,31H,3-4,9,11-12,14,16,19-21,33H2,1-2H3,(H,39,40)/t26-,27+,31-/m1/s1. The minimum atomic E-state index is -0.829. The molecule has 1 aromatic heterocycles. The summed E-state index contributed by atoms with van der Waals surface area (Å²) >= 11 is 0. The molecule has 9 nitrogen and oxygen atoms in total. The van der Waals surface area contributed by atoms with Crippen molar-refractivity contribution in [2.75, 3.05) is 31.1 Å². The summed E-state index contributed by atoms with van der Waals surface area (Å²) in [6.07, 6.45) is 7.54. The summed E-state index contributed by atoms with van der Waals surface area (Å²) < 4.78 is 7.67. The van der Waals surface area contributed by atoms with E-state index in [-0.39, 0.29) is 24.4 Å². The molecule has 0 spiro atoms. The van der Waals surface area contributed by atoms with Crippen LogP contribution in [0.1, 0.15) is 54.6 Å². The van der Waals surface area contributed by atoms with E-state index in [0.717, 1.165) is 53.2 Å². The number of benzene rings is 2. The largest absolute Gasteiger partial charge is 0.493 e. The number of hydrogen-bond acceptors (Lipinski definition) is 6. The average Bonchev–Trinajstić information content (AvgIpc) is 3.70. The van der Waals surface area contributed by atoms with Crippen molar-refractivity contribution in [2.45, 2.75) is 57.5 Å². The number of likely N-dealkylation sites (tertiary alicyclic amines) is 1. The predicted octanol–water partition coefficient (Wildman–Crippen LogP) is 3.75. The summed E-state index contributed by atoms with van der Waals surface area (Å²) in [5.41, 5.74) is 9.82. The van der Waals surface area contributed by atoms with Gasteiger partial charge in [0.1, 0.15) is 11.6 Å². The Morgan fingerprint density at radius 3 is 2.80 bits per heavy atom. The van der Waals surface area contributed by atoms with Crippen LogP contribution in [0.2, 0.25) is 0 Å². The molecule has 0 aliphatic carbocycles. The molecule has 218 valence electrons. The Kier molecular flexibility index (Phi) is 9.05. The van der Waals surface area contributed by atoms with Crippen LogP contribution in [-0.4, -0.2) is 63.7 Å². The zero-order valence-electron chi connectivity index (χ0n) is 24.0. The summed E-state index contributed by atoms with van der Waals surface area (Å²) in [4.78, 5) is 35.3. The minimum absolute atomic E-state index is 0.0262. The fourth-order valence-corrected chi connectivity index (χ4v) is 6.37. The van der Waals surface area contributed by atoms with Gasteiger partial charge in [0.05, 0.1) is 19.1 Å². The van der Waals surface area contributed by atoms with Gasteiger partial charge in [-0.3, -0.25) is 14.5 Å². The summed E-state index contributed by atoms with van der Waals surface area (Å²) in [5, 5.41) is 10.6. The Morgan fingerprint density at radius 2 is 2.07 bits per heavy atom. The number of nitrogens with zero attached hydrogens (tertiary/aromatic N) is 4. The quantitative estimate of drug-likeness (QED) is 0.347. The van der Waals surface area contributed by atoms with Gasteiger partial charge in [-0.05, 0) is 47.7 Å². The highest BCUT2D eigenvalue weighted by Crippen LogP contribution is 2.41. The number of aromatic nitrogens is 2. The zero-order chi connectivity index (χ0) is 28.9. The van der Waals surface area contributed by atoms with Crippen molar-refractivity contribution in [3.8, 4) is 5.75 Å². The Labute approximate surface area is 241 Å². The number of unbranched alkanes of at least 4 members (excludes halogenated alkanes) is 1. The lowest BCUT2D eigenvalue weighted by atomic mass is 9.83. The maximum atomic E-state index is 14.0. The van der Waals surface area contributed by atoms with Gasteiger partial charge in [-0.1, -0.05) is 37.6 Å². The van der Waals surface area contributed by atoms with Crippen LogP contribution in [0.4, 0.5) is 5.69 Å². The van der Waals surface area contributed by atoms with Crippen molar-refractivity contribution in [1.82, 2.24) is 14.5 Å². The number of aliphatic carboxylic acids is 1. The van der Waals surface area contributed by atoms with Crippen molar-refractivity contribution in [3.63, 3.8) is 0 Å². The van der Waals surface area contributed by atoms with Gasteiger partial charge < -0.3 is 25.0 Å². The van der Waals surface area contributed by atoms with E-state index in [1.54, 1.807) is 6.20 Å². The first-order valence-corrected chi connectivity index (χ1v) is 14.7. The van der Waals surface area contributed by atoms with Gasteiger partial charge in [0, 0.05) is 69.6 Å². The molecule has 1 fully saturated rings. The molecule has 0 radical (unpaired) electrons. The number of anilines is 1. The lowest BCUT2D eigenvalue weighted by molar-refractivity contribution is -0.143. The van der Waals surface area contributed by atoms with Crippen LogP contribution in [0, 0.1) is 5.92 Å². The van der Waals surface area contributed by atoms with E-state index in [1.807, 2.05) is 59.1 Å². The van der Waals surface area contributed by atoms with E-state index in [4.69, 9.17) is 10.5 Å². The molecule has 5 rings (SSSR count). The highest BCUT2D eigenvalue weighted by atomic mass is 16.5. The number of carboxylic acid groups (broad SMARTS) is 1. The molecule has 9 heteroatoms.